The van der Waals surface area contributed by atoms with E-state index in [1.807, 2.05) is 18.2 Å². The fourth-order valence-electron chi connectivity index (χ4n) is 1.08. The number of epoxide rings is 1. The SMILES string of the molecule is Brc1ccccc1COCC1CO1. The number of halogens is 1. The number of hydrogen-bond acceptors (Lipinski definition) is 2. The zero-order chi connectivity index (χ0) is 9.10. The van der Waals surface area contributed by atoms with Crippen LogP contribution in [0.25, 0.3) is 0 Å². The van der Waals surface area contributed by atoms with Crippen LogP contribution in [0.15, 0.2) is 28.7 Å². The molecule has 1 aliphatic heterocycles. The monoisotopic (exact) mass is 242 g/mol. The molecule has 1 unspecified atom stereocenters. The van der Waals surface area contributed by atoms with Gasteiger partial charge in [0.05, 0.1) is 19.8 Å². The number of rotatable bonds is 4. The van der Waals surface area contributed by atoms with E-state index < -0.39 is 0 Å². The first-order valence-electron chi connectivity index (χ1n) is 4.29. The third-order valence-corrected chi connectivity index (χ3v) is 2.70. The first-order chi connectivity index (χ1) is 6.36. The summed E-state index contributed by atoms with van der Waals surface area (Å²) in [6, 6.07) is 8.08. The molecule has 1 aromatic carbocycles. The van der Waals surface area contributed by atoms with Gasteiger partial charge in [-0.1, -0.05) is 34.1 Å². The van der Waals surface area contributed by atoms with E-state index in [-0.39, 0.29) is 0 Å². The van der Waals surface area contributed by atoms with Crippen LogP contribution in [-0.4, -0.2) is 19.3 Å². The minimum Gasteiger partial charge on any atom is -0.374 e. The summed E-state index contributed by atoms with van der Waals surface area (Å²) in [6.07, 6.45) is 0.350. The summed E-state index contributed by atoms with van der Waals surface area (Å²) in [5.74, 6) is 0. The molecule has 0 aromatic heterocycles. The maximum Gasteiger partial charge on any atom is 0.104 e. The van der Waals surface area contributed by atoms with Gasteiger partial charge in [-0.25, -0.2) is 0 Å². The third kappa shape index (κ3) is 2.79. The fraction of sp³-hybridized carbons (Fsp3) is 0.400. The molecule has 0 spiro atoms. The molecule has 2 nitrogen and oxygen atoms in total. The lowest BCUT2D eigenvalue weighted by atomic mass is 10.2. The molecule has 0 bridgehead atoms. The Morgan fingerprint density at radius 3 is 2.92 bits per heavy atom. The van der Waals surface area contributed by atoms with Crippen LogP contribution in [0.4, 0.5) is 0 Å². The summed E-state index contributed by atoms with van der Waals surface area (Å²) in [4.78, 5) is 0. The van der Waals surface area contributed by atoms with E-state index in [1.165, 1.54) is 5.56 Å². The molecule has 1 aliphatic rings. The van der Waals surface area contributed by atoms with Crippen LogP contribution < -0.4 is 0 Å². The van der Waals surface area contributed by atoms with Crippen LogP contribution in [0.1, 0.15) is 5.56 Å². The van der Waals surface area contributed by atoms with Crippen molar-refractivity contribution in [3.05, 3.63) is 34.3 Å². The largest absolute Gasteiger partial charge is 0.374 e. The Morgan fingerprint density at radius 2 is 2.23 bits per heavy atom. The van der Waals surface area contributed by atoms with Gasteiger partial charge in [-0.15, -0.1) is 0 Å². The van der Waals surface area contributed by atoms with Gasteiger partial charge in [-0.05, 0) is 11.6 Å². The van der Waals surface area contributed by atoms with E-state index >= 15 is 0 Å². The molecule has 1 aromatic rings. The molecular weight excluding hydrogens is 232 g/mol. The normalized spacial score (nSPS) is 20.2. The van der Waals surface area contributed by atoms with Crippen molar-refractivity contribution < 1.29 is 9.47 Å². The van der Waals surface area contributed by atoms with E-state index in [0.29, 0.717) is 19.3 Å². The summed E-state index contributed by atoms with van der Waals surface area (Å²) >= 11 is 3.47. The Kier molecular flexibility index (Phi) is 2.98. The van der Waals surface area contributed by atoms with E-state index in [4.69, 9.17) is 9.47 Å². The first-order valence-corrected chi connectivity index (χ1v) is 5.08. The van der Waals surface area contributed by atoms with E-state index in [2.05, 4.69) is 22.0 Å². The van der Waals surface area contributed by atoms with E-state index in [1.54, 1.807) is 0 Å². The van der Waals surface area contributed by atoms with Crippen LogP contribution >= 0.6 is 15.9 Å². The summed E-state index contributed by atoms with van der Waals surface area (Å²) in [7, 11) is 0. The Balaban J connectivity index is 1.82. The Labute approximate surface area is 86.0 Å². The lowest BCUT2D eigenvalue weighted by Crippen LogP contribution is -2.01. The highest BCUT2D eigenvalue weighted by atomic mass is 79.9. The van der Waals surface area contributed by atoms with Crippen LogP contribution in [0.3, 0.4) is 0 Å². The number of ether oxygens (including phenoxy) is 2. The highest BCUT2D eigenvalue weighted by Crippen LogP contribution is 2.17. The van der Waals surface area contributed by atoms with Crippen LogP contribution in [0.2, 0.25) is 0 Å². The zero-order valence-electron chi connectivity index (χ0n) is 7.20. The summed E-state index contributed by atoms with van der Waals surface area (Å²) < 4.78 is 11.6. The van der Waals surface area contributed by atoms with Crippen molar-refractivity contribution >= 4 is 15.9 Å². The number of benzene rings is 1. The molecule has 13 heavy (non-hydrogen) atoms. The maximum absolute atomic E-state index is 5.47. The minimum atomic E-state index is 0.350. The average Bonchev–Trinajstić information content (AvgIpc) is 2.92. The van der Waals surface area contributed by atoms with Gasteiger partial charge in [0.15, 0.2) is 0 Å². The lowest BCUT2D eigenvalue weighted by molar-refractivity contribution is 0.104. The average molecular weight is 243 g/mol. The van der Waals surface area contributed by atoms with E-state index in [9.17, 15) is 0 Å². The molecule has 1 saturated heterocycles. The van der Waals surface area contributed by atoms with Crippen molar-refractivity contribution in [1.29, 1.82) is 0 Å². The van der Waals surface area contributed by atoms with E-state index in [0.717, 1.165) is 11.1 Å². The molecule has 1 heterocycles. The molecule has 0 amide bonds. The zero-order valence-corrected chi connectivity index (χ0v) is 8.79. The second-order valence-electron chi connectivity index (χ2n) is 3.06. The summed E-state index contributed by atoms with van der Waals surface area (Å²) in [5, 5.41) is 0. The fourth-order valence-corrected chi connectivity index (χ4v) is 1.48. The van der Waals surface area contributed by atoms with Gasteiger partial charge < -0.3 is 9.47 Å². The standard InChI is InChI=1S/C10H11BrO2/c11-10-4-2-1-3-8(10)5-12-6-9-7-13-9/h1-4,9H,5-7H2. The molecular formula is C10H11BrO2. The maximum atomic E-state index is 5.47. The molecule has 0 saturated carbocycles. The number of hydrogen-bond donors (Lipinski definition) is 0. The van der Waals surface area contributed by atoms with Gasteiger partial charge in [0, 0.05) is 4.47 Å². The summed E-state index contributed by atoms with van der Waals surface area (Å²) in [6.45, 7) is 2.22. The van der Waals surface area contributed by atoms with Gasteiger partial charge in [-0.2, -0.15) is 0 Å². The van der Waals surface area contributed by atoms with Gasteiger partial charge in [0.1, 0.15) is 6.10 Å². The topological polar surface area (TPSA) is 21.8 Å². The van der Waals surface area contributed by atoms with Gasteiger partial charge >= 0.3 is 0 Å². The molecule has 70 valence electrons. The Bertz CT molecular complexity index is 284. The Hall–Kier alpha value is -0.380. The lowest BCUT2D eigenvalue weighted by Gasteiger charge is -2.04. The quantitative estimate of drug-likeness (QED) is 0.757. The minimum absolute atomic E-state index is 0.350. The molecule has 0 aliphatic carbocycles. The Morgan fingerprint density at radius 1 is 1.46 bits per heavy atom. The first kappa shape index (κ1) is 9.19. The molecule has 1 atom stereocenters. The summed E-state index contributed by atoms with van der Waals surface area (Å²) in [5.41, 5.74) is 1.18. The molecule has 2 rings (SSSR count). The van der Waals surface area contributed by atoms with Crippen LogP contribution in [0.5, 0.6) is 0 Å². The van der Waals surface area contributed by atoms with Gasteiger partial charge in [0.2, 0.25) is 0 Å². The highest BCUT2D eigenvalue weighted by Gasteiger charge is 2.22. The van der Waals surface area contributed by atoms with Crippen molar-refractivity contribution in [2.75, 3.05) is 13.2 Å². The second kappa shape index (κ2) is 4.22. The van der Waals surface area contributed by atoms with Crippen molar-refractivity contribution in [1.82, 2.24) is 0 Å². The molecule has 1 fully saturated rings. The van der Waals surface area contributed by atoms with Crippen molar-refractivity contribution in [3.8, 4) is 0 Å². The van der Waals surface area contributed by atoms with Gasteiger partial charge in [-0.3, -0.25) is 0 Å². The smallest absolute Gasteiger partial charge is 0.104 e. The molecule has 0 radical (unpaired) electrons. The highest BCUT2D eigenvalue weighted by molar-refractivity contribution is 9.10. The van der Waals surface area contributed by atoms with Crippen molar-refractivity contribution in [2.45, 2.75) is 12.7 Å². The predicted molar refractivity (Wildman–Crippen MR) is 53.5 cm³/mol. The third-order valence-electron chi connectivity index (χ3n) is 1.92. The van der Waals surface area contributed by atoms with Crippen LogP contribution in [-0.2, 0) is 16.1 Å². The van der Waals surface area contributed by atoms with Crippen LogP contribution in [0, 0.1) is 0 Å². The molecule has 0 N–H and O–H groups in total. The van der Waals surface area contributed by atoms with Crippen molar-refractivity contribution in [2.24, 2.45) is 0 Å². The molecule has 3 heteroatoms. The predicted octanol–water partition coefficient (Wildman–Crippen LogP) is 2.36. The second-order valence-corrected chi connectivity index (χ2v) is 3.92. The van der Waals surface area contributed by atoms with Crippen molar-refractivity contribution in [3.63, 3.8) is 0 Å². The van der Waals surface area contributed by atoms with Gasteiger partial charge in [0.25, 0.3) is 0 Å².